The summed E-state index contributed by atoms with van der Waals surface area (Å²) in [5, 5.41) is 19.9. The van der Waals surface area contributed by atoms with E-state index in [9.17, 15) is 9.59 Å². The van der Waals surface area contributed by atoms with Crippen molar-refractivity contribution in [3.8, 4) is 0 Å². The molecule has 0 saturated carbocycles. The van der Waals surface area contributed by atoms with Crippen LogP contribution in [0.1, 0.15) is 10.4 Å². The van der Waals surface area contributed by atoms with Crippen LogP contribution in [0.5, 0.6) is 0 Å². The molecule has 0 saturated heterocycles. The van der Waals surface area contributed by atoms with Crippen molar-refractivity contribution in [3.05, 3.63) is 28.4 Å². The average molecular weight is 587 g/mol. The van der Waals surface area contributed by atoms with E-state index in [1.54, 1.807) is 6.07 Å². The van der Waals surface area contributed by atoms with E-state index in [0.717, 1.165) is 10.7 Å². The van der Waals surface area contributed by atoms with Gasteiger partial charge in [0.1, 0.15) is 0 Å². The van der Waals surface area contributed by atoms with Gasteiger partial charge in [0.2, 0.25) is 0 Å². The minimum Gasteiger partial charge on any atom is -0.480 e. The Morgan fingerprint density at radius 1 is 1.28 bits per heavy atom. The fourth-order valence-electron chi connectivity index (χ4n) is 1.14. The summed E-state index contributed by atoms with van der Waals surface area (Å²) in [5.41, 5.74) is 0.409. The number of aliphatic hydroxyl groups is 1. The average Bonchev–Trinajstić information content (AvgIpc) is 2.29. The molecule has 0 aliphatic rings. The van der Waals surface area contributed by atoms with Crippen molar-refractivity contribution in [2.45, 2.75) is 6.04 Å². The number of carboxylic acid groups (broad SMARTS) is 1. The van der Waals surface area contributed by atoms with Crippen molar-refractivity contribution in [2.75, 3.05) is 6.61 Å². The quantitative estimate of drug-likeness (QED) is 0.370. The van der Waals surface area contributed by atoms with Crippen molar-refractivity contribution in [1.82, 2.24) is 5.32 Å². The Labute approximate surface area is 144 Å². The Morgan fingerprint density at radius 2 is 1.89 bits per heavy atom. The van der Waals surface area contributed by atoms with Gasteiger partial charge in [0.15, 0.2) is 6.04 Å². The van der Waals surface area contributed by atoms with Crippen LogP contribution in [0.15, 0.2) is 12.1 Å². The summed E-state index contributed by atoms with van der Waals surface area (Å²) in [6.07, 6.45) is 0. The molecule has 1 unspecified atom stereocenters. The minimum atomic E-state index is -1.29. The highest BCUT2D eigenvalue weighted by molar-refractivity contribution is 14.1. The number of rotatable bonds is 4. The molecule has 8 heteroatoms. The molecule has 0 aromatic heterocycles. The Kier molecular flexibility index (Phi) is 6.54. The van der Waals surface area contributed by atoms with Crippen LogP contribution < -0.4 is 5.32 Å². The number of carbonyl (C=O) groups excluding carboxylic acids is 1. The van der Waals surface area contributed by atoms with Crippen LogP contribution in [0.25, 0.3) is 0 Å². The van der Waals surface area contributed by atoms with Gasteiger partial charge in [-0.05, 0) is 79.9 Å². The summed E-state index contributed by atoms with van der Waals surface area (Å²) in [5.74, 6) is -1.77. The van der Waals surface area contributed by atoms with E-state index in [-0.39, 0.29) is 0 Å². The topological polar surface area (TPSA) is 86.6 Å². The van der Waals surface area contributed by atoms with E-state index >= 15 is 0 Å². The highest BCUT2D eigenvalue weighted by Gasteiger charge is 2.21. The lowest BCUT2D eigenvalue weighted by Gasteiger charge is -2.13. The van der Waals surface area contributed by atoms with Gasteiger partial charge in [0.05, 0.1) is 12.2 Å². The molecule has 1 atom stereocenters. The molecule has 0 spiro atoms. The Balaban J connectivity index is 3.01. The van der Waals surface area contributed by atoms with Crippen LogP contribution in [-0.2, 0) is 4.79 Å². The Morgan fingerprint density at radius 3 is 2.39 bits per heavy atom. The van der Waals surface area contributed by atoms with Gasteiger partial charge in [-0.2, -0.15) is 0 Å². The smallest absolute Gasteiger partial charge is 0.328 e. The molecular weight excluding hydrogens is 579 g/mol. The number of carboxylic acids is 1. The molecule has 5 nitrogen and oxygen atoms in total. The lowest BCUT2D eigenvalue weighted by molar-refractivity contribution is -0.140. The molecule has 0 heterocycles. The zero-order valence-electron chi connectivity index (χ0n) is 8.78. The fourth-order valence-corrected chi connectivity index (χ4v) is 3.54. The van der Waals surface area contributed by atoms with E-state index < -0.39 is 24.5 Å². The van der Waals surface area contributed by atoms with Crippen LogP contribution in [0, 0.1) is 10.7 Å². The third-order valence-corrected chi connectivity index (χ3v) is 5.69. The van der Waals surface area contributed by atoms with Crippen LogP contribution in [0.2, 0.25) is 0 Å². The Hall–Kier alpha value is 0.310. The maximum Gasteiger partial charge on any atom is 0.328 e. The Bertz CT molecular complexity index is 492. The van der Waals surface area contributed by atoms with Gasteiger partial charge in [-0.25, -0.2) is 4.79 Å². The second kappa shape index (κ2) is 7.19. The van der Waals surface area contributed by atoms with Gasteiger partial charge in [0.25, 0.3) is 5.91 Å². The molecule has 1 rings (SSSR count). The monoisotopic (exact) mass is 587 g/mol. The zero-order valence-corrected chi connectivity index (χ0v) is 15.3. The molecule has 18 heavy (non-hydrogen) atoms. The maximum atomic E-state index is 11.9. The van der Waals surface area contributed by atoms with E-state index in [0.29, 0.717) is 5.56 Å². The van der Waals surface area contributed by atoms with Crippen LogP contribution in [0.4, 0.5) is 0 Å². The number of nitrogens with one attached hydrogen (secondary N) is 1. The predicted molar refractivity (Wildman–Crippen MR) is 90.6 cm³/mol. The molecule has 0 aliphatic heterocycles. The second-order valence-electron chi connectivity index (χ2n) is 3.30. The van der Waals surface area contributed by atoms with Crippen molar-refractivity contribution in [2.24, 2.45) is 0 Å². The molecule has 0 bridgehead atoms. The summed E-state index contributed by atoms with van der Waals surface area (Å²) < 4.78 is 2.56. The number of hydrogen-bond donors (Lipinski definition) is 3. The molecule has 98 valence electrons. The number of aliphatic hydroxyl groups excluding tert-OH is 1. The van der Waals surface area contributed by atoms with Gasteiger partial charge in [-0.3, -0.25) is 4.79 Å². The van der Waals surface area contributed by atoms with E-state index in [1.807, 2.05) is 28.7 Å². The molecule has 1 aromatic carbocycles. The lowest BCUT2D eigenvalue weighted by Crippen LogP contribution is -2.43. The van der Waals surface area contributed by atoms with Gasteiger partial charge in [-0.15, -0.1) is 0 Å². The SMILES string of the molecule is O=C(NC(CO)C(=O)O)c1cc(I)cc(I)c1I. The van der Waals surface area contributed by atoms with Gasteiger partial charge in [0, 0.05) is 10.7 Å². The number of carbonyl (C=O) groups is 2. The molecule has 1 aromatic rings. The molecule has 0 aliphatic carbocycles. The van der Waals surface area contributed by atoms with Crippen LogP contribution in [-0.4, -0.2) is 34.7 Å². The van der Waals surface area contributed by atoms with Crippen LogP contribution in [0.3, 0.4) is 0 Å². The summed E-state index contributed by atoms with van der Waals surface area (Å²) in [4.78, 5) is 22.7. The number of benzene rings is 1. The molecule has 0 fully saturated rings. The first-order valence-corrected chi connectivity index (χ1v) is 7.89. The van der Waals surface area contributed by atoms with Crippen molar-refractivity contribution in [3.63, 3.8) is 0 Å². The molecule has 1 amide bonds. The standard InChI is InChI=1S/C10H8I3NO4/c11-4-1-5(8(13)6(12)2-4)9(16)14-7(3-15)10(17)18/h1-2,7,15H,3H2,(H,14,16)(H,17,18). The zero-order chi connectivity index (χ0) is 13.9. The van der Waals surface area contributed by atoms with E-state index in [1.165, 1.54) is 0 Å². The predicted octanol–water partition coefficient (Wildman–Crippen LogP) is 1.68. The third-order valence-electron chi connectivity index (χ3n) is 2.02. The normalized spacial score (nSPS) is 12.0. The molecule has 0 radical (unpaired) electrons. The molecule has 3 N–H and O–H groups in total. The van der Waals surface area contributed by atoms with Gasteiger partial charge in [-0.1, -0.05) is 0 Å². The molecular formula is C10H8I3NO4. The minimum absolute atomic E-state index is 0.409. The number of amides is 1. The second-order valence-corrected chi connectivity index (χ2v) is 6.78. The summed E-state index contributed by atoms with van der Waals surface area (Å²) in [7, 11) is 0. The number of hydrogen-bond acceptors (Lipinski definition) is 3. The van der Waals surface area contributed by atoms with E-state index in [2.05, 4.69) is 50.5 Å². The number of aliphatic carboxylic acids is 1. The third kappa shape index (κ3) is 4.16. The highest BCUT2D eigenvalue weighted by Crippen LogP contribution is 2.22. The van der Waals surface area contributed by atoms with Gasteiger partial charge >= 0.3 is 5.97 Å². The summed E-state index contributed by atoms with van der Waals surface area (Å²) in [6.45, 7) is -0.640. The maximum absolute atomic E-state index is 11.9. The van der Waals surface area contributed by atoms with Crippen molar-refractivity contribution >= 4 is 79.6 Å². The van der Waals surface area contributed by atoms with Crippen molar-refractivity contribution < 1.29 is 19.8 Å². The van der Waals surface area contributed by atoms with Gasteiger partial charge < -0.3 is 15.5 Å². The lowest BCUT2D eigenvalue weighted by atomic mass is 10.2. The first-order chi connectivity index (χ1) is 8.36. The highest BCUT2D eigenvalue weighted by atomic mass is 127. The van der Waals surface area contributed by atoms with Crippen molar-refractivity contribution in [1.29, 1.82) is 0 Å². The first kappa shape index (κ1) is 16.4. The summed E-state index contributed by atoms with van der Waals surface area (Å²) >= 11 is 6.22. The summed E-state index contributed by atoms with van der Waals surface area (Å²) in [6, 6.07) is 2.31. The largest absolute Gasteiger partial charge is 0.480 e. The number of halogens is 3. The fraction of sp³-hybridized carbons (Fsp3) is 0.200. The van der Waals surface area contributed by atoms with Crippen LogP contribution >= 0.6 is 67.8 Å². The first-order valence-electron chi connectivity index (χ1n) is 4.66. The van der Waals surface area contributed by atoms with E-state index in [4.69, 9.17) is 10.2 Å².